The van der Waals surface area contributed by atoms with E-state index >= 15 is 0 Å². The van der Waals surface area contributed by atoms with Crippen molar-refractivity contribution in [1.82, 2.24) is 19.5 Å². The zero-order chi connectivity index (χ0) is 41.2. The van der Waals surface area contributed by atoms with Crippen molar-refractivity contribution in [3.63, 3.8) is 0 Å². The van der Waals surface area contributed by atoms with E-state index in [9.17, 15) is 0 Å². The molecule has 0 bridgehead atoms. The highest BCUT2D eigenvalue weighted by atomic mass is 16.3. The Labute approximate surface area is 362 Å². The minimum Gasteiger partial charge on any atom is -0.455 e. The molecule has 0 aliphatic heterocycles. The SMILES string of the molecule is c1ccc(-c2nc(-c3cccc(-n4c5ccccc5c5cc6c(cc54)C4(c5ccccc5-c5ccccc54)c4ccccc4-6)c3)nc(-c3cccc4c3oc3ccccc34)n2)cc1. The quantitative estimate of drug-likeness (QED) is 0.178. The molecule has 292 valence electrons. The fourth-order valence-corrected chi connectivity index (χ4v) is 10.9. The lowest BCUT2D eigenvalue weighted by molar-refractivity contribution is 0.669. The van der Waals surface area contributed by atoms with Gasteiger partial charge in [-0.3, -0.25) is 0 Å². The van der Waals surface area contributed by atoms with Crippen LogP contribution in [0.3, 0.4) is 0 Å². The first-order valence-corrected chi connectivity index (χ1v) is 21.4. The van der Waals surface area contributed by atoms with Crippen molar-refractivity contribution in [1.29, 1.82) is 0 Å². The molecule has 3 aromatic heterocycles. The van der Waals surface area contributed by atoms with Gasteiger partial charge in [0.15, 0.2) is 17.5 Å². The van der Waals surface area contributed by atoms with Crippen molar-refractivity contribution in [2.75, 3.05) is 0 Å². The highest BCUT2D eigenvalue weighted by molar-refractivity contribution is 6.13. The minimum atomic E-state index is -0.450. The lowest BCUT2D eigenvalue weighted by atomic mass is 9.70. The smallest absolute Gasteiger partial charge is 0.167 e. The van der Waals surface area contributed by atoms with Gasteiger partial charge in [-0.15, -0.1) is 0 Å². The van der Waals surface area contributed by atoms with E-state index in [1.165, 1.54) is 55.3 Å². The van der Waals surface area contributed by atoms with Crippen molar-refractivity contribution >= 4 is 43.7 Å². The Balaban J connectivity index is 1.01. The molecular weight excluding hydrogens is 769 g/mol. The Bertz CT molecular complexity index is 3830. The molecule has 0 N–H and O–H groups in total. The number of nitrogens with zero attached hydrogens (tertiary/aromatic N) is 4. The van der Waals surface area contributed by atoms with Crippen LogP contribution >= 0.6 is 0 Å². The van der Waals surface area contributed by atoms with Crippen LogP contribution in [-0.4, -0.2) is 19.5 Å². The number of fused-ring (bicyclic) bond motifs is 16. The number of rotatable bonds is 4. The van der Waals surface area contributed by atoms with Crippen molar-refractivity contribution in [3.05, 3.63) is 229 Å². The lowest BCUT2D eigenvalue weighted by Crippen LogP contribution is -2.25. The van der Waals surface area contributed by atoms with Crippen molar-refractivity contribution in [2.24, 2.45) is 0 Å². The molecule has 2 aliphatic rings. The van der Waals surface area contributed by atoms with E-state index in [0.29, 0.717) is 17.5 Å². The standard InChI is InChI=1S/C58H34N4O/c1-2-16-35(17-3-1)55-59-56(61-57(60-55)44-26-15-25-43-42-24-8-13-31-53(42)63-54(43)44)36-18-14-19-37(32-36)62-51-30-12-7-23-41(51)46-33-45-40-22-6-11-29-49(40)58(50(45)34-52(46)62)47-27-9-4-20-38(47)39-21-5-10-28-48(39)58/h1-34H. The number of hydrogen-bond donors (Lipinski definition) is 0. The third-order valence-corrected chi connectivity index (χ3v) is 13.5. The first-order valence-electron chi connectivity index (χ1n) is 21.4. The largest absolute Gasteiger partial charge is 0.455 e. The van der Waals surface area contributed by atoms with Crippen LogP contribution in [0.5, 0.6) is 0 Å². The maximum absolute atomic E-state index is 6.50. The molecule has 3 heterocycles. The number of furan rings is 1. The maximum Gasteiger partial charge on any atom is 0.167 e. The molecule has 1 spiro atoms. The Morgan fingerprint density at radius 1 is 0.349 bits per heavy atom. The molecule has 0 amide bonds. The molecule has 5 nitrogen and oxygen atoms in total. The summed E-state index contributed by atoms with van der Waals surface area (Å²) in [5.74, 6) is 1.75. The van der Waals surface area contributed by atoms with E-state index in [1.54, 1.807) is 0 Å². The van der Waals surface area contributed by atoms with Crippen molar-refractivity contribution in [2.45, 2.75) is 5.41 Å². The van der Waals surface area contributed by atoms with E-state index in [2.05, 4.69) is 156 Å². The second kappa shape index (κ2) is 12.8. The second-order valence-corrected chi connectivity index (χ2v) is 16.7. The van der Waals surface area contributed by atoms with Crippen LogP contribution in [0.2, 0.25) is 0 Å². The number of aromatic nitrogens is 4. The highest BCUT2D eigenvalue weighted by Gasteiger charge is 2.51. The van der Waals surface area contributed by atoms with E-state index in [0.717, 1.165) is 55.3 Å². The van der Waals surface area contributed by atoms with Crippen LogP contribution in [0.15, 0.2) is 211 Å². The van der Waals surface area contributed by atoms with Gasteiger partial charge in [-0.05, 0) is 87.0 Å². The van der Waals surface area contributed by atoms with Gasteiger partial charge in [0.2, 0.25) is 0 Å². The molecule has 0 saturated heterocycles. The molecule has 0 unspecified atom stereocenters. The predicted molar refractivity (Wildman–Crippen MR) is 254 cm³/mol. The van der Waals surface area contributed by atoms with E-state index in [4.69, 9.17) is 19.4 Å². The number of hydrogen-bond acceptors (Lipinski definition) is 4. The van der Waals surface area contributed by atoms with E-state index in [-0.39, 0.29) is 0 Å². The molecule has 2 aliphatic carbocycles. The normalized spacial score (nSPS) is 13.2. The van der Waals surface area contributed by atoms with Crippen molar-refractivity contribution in [3.8, 4) is 62.1 Å². The summed E-state index contributed by atoms with van der Waals surface area (Å²) in [5, 5.41) is 4.52. The average molecular weight is 803 g/mol. The Morgan fingerprint density at radius 3 is 1.67 bits per heavy atom. The monoisotopic (exact) mass is 802 g/mol. The van der Waals surface area contributed by atoms with Gasteiger partial charge in [-0.25, -0.2) is 15.0 Å². The molecule has 63 heavy (non-hydrogen) atoms. The Morgan fingerprint density at radius 2 is 0.905 bits per heavy atom. The topological polar surface area (TPSA) is 56.7 Å². The molecule has 0 saturated carbocycles. The highest BCUT2D eigenvalue weighted by Crippen LogP contribution is 2.63. The van der Waals surface area contributed by atoms with Gasteiger partial charge < -0.3 is 8.98 Å². The summed E-state index contributed by atoms with van der Waals surface area (Å²) in [5.41, 5.74) is 17.6. The second-order valence-electron chi connectivity index (χ2n) is 16.7. The van der Waals surface area contributed by atoms with Gasteiger partial charge in [0.05, 0.1) is 22.0 Å². The summed E-state index contributed by atoms with van der Waals surface area (Å²) >= 11 is 0. The maximum atomic E-state index is 6.50. The first-order chi connectivity index (χ1) is 31.2. The Hall–Kier alpha value is -8.41. The zero-order valence-corrected chi connectivity index (χ0v) is 33.8. The summed E-state index contributed by atoms with van der Waals surface area (Å²) in [6.45, 7) is 0. The predicted octanol–water partition coefficient (Wildman–Crippen LogP) is 14.2. The van der Waals surface area contributed by atoms with Crippen LogP contribution in [0.25, 0.3) is 106 Å². The summed E-state index contributed by atoms with van der Waals surface area (Å²) in [4.78, 5) is 15.5. The van der Waals surface area contributed by atoms with Crippen LogP contribution < -0.4 is 0 Å². The third-order valence-electron chi connectivity index (χ3n) is 13.5. The number of benzene rings is 9. The minimum absolute atomic E-state index is 0.450. The van der Waals surface area contributed by atoms with Crippen LogP contribution in [0.1, 0.15) is 22.3 Å². The zero-order valence-electron chi connectivity index (χ0n) is 33.8. The van der Waals surface area contributed by atoms with Crippen LogP contribution in [0.4, 0.5) is 0 Å². The van der Waals surface area contributed by atoms with Gasteiger partial charge in [-0.2, -0.15) is 0 Å². The molecule has 9 aromatic carbocycles. The molecule has 5 heteroatoms. The lowest BCUT2D eigenvalue weighted by Gasteiger charge is -2.30. The van der Waals surface area contributed by atoms with E-state index in [1.807, 2.05) is 54.6 Å². The van der Waals surface area contributed by atoms with Gasteiger partial charge >= 0.3 is 0 Å². The van der Waals surface area contributed by atoms with Gasteiger partial charge in [0.1, 0.15) is 11.2 Å². The van der Waals surface area contributed by atoms with Crippen molar-refractivity contribution < 1.29 is 4.42 Å². The molecule has 0 fully saturated rings. The summed E-state index contributed by atoms with van der Waals surface area (Å²) < 4.78 is 8.93. The van der Waals surface area contributed by atoms with Crippen LogP contribution in [0, 0.1) is 0 Å². The molecule has 0 radical (unpaired) electrons. The van der Waals surface area contributed by atoms with E-state index < -0.39 is 5.41 Å². The fraction of sp³-hybridized carbons (Fsp3) is 0.0172. The Kier molecular flexibility index (Phi) is 6.97. The summed E-state index contributed by atoms with van der Waals surface area (Å²) in [7, 11) is 0. The van der Waals surface area contributed by atoms with Gasteiger partial charge in [0.25, 0.3) is 0 Å². The molecule has 0 atom stereocenters. The fourth-order valence-electron chi connectivity index (χ4n) is 10.9. The third kappa shape index (κ3) is 4.68. The summed E-state index contributed by atoms with van der Waals surface area (Å²) in [6, 6.07) is 73.8. The molecule has 14 rings (SSSR count). The summed E-state index contributed by atoms with van der Waals surface area (Å²) in [6.07, 6.45) is 0. The molecule has 12 aromatic rings. The van der Waals surface area contributed by atoms with Gasteiger partial charge in [-0.1, -0.05) is 164 Å². The molecular formula is C58H34N4O. The average Bonchev–Trinajstić information content (AvgIpc) is 4.07. The van der Waals surface area contributed by atoms with Crippen LogP contribution in [-0.2, 0) is 5.41 Å². The van der Waals surface area contributed by atoms with Gasteiger partial charge in [0, 0.05) is 38.4 Å². The first kappa shape index (κ1) is 34.3. The number of para-hydroxylation sites is 3.